The fraction of sp³-hybridized carbons (Fsp3) is 0.923. The Bertz CT molecular complexity index is 237. The quantitative estimate of drug-likeness (QED) is 0.371. The molecule has 0 spiro atoms. The molecule has 0 saturated carbocycles. The lowest BCUT2D eigenvalue weighted by Crippen LogP contribution is -2.45. The SMILES string of the molecule is CC(=O)OCC1CNCCNCCNCCNCCN1. The number of hydrogen-bond acceptors (Lipinski definition) is 7. The Balaban J connectivity index is 2.26. The molecule has 0 amide bonds. The number of nitrogens with one attached hydrogen (secondary N) is 5. The zero-order valence-corrected chi connectivity index (χ0v) is 12.5. The maximum absolute atomic E-state index is 10.9. The van der Waals surface area contributed by atoms with E-state index in [1.165, 1.54) is 6.92 Å². The van der Waals surface area contributed by atoms with Crippen molar-refractivity contribution in [2.45, 2.75) is 13.0 Å². The van der Waals surface area contributed by atoms with Gasteiger partial charge >= 0.3 is 5.97 Å². The number of carbonyl (C=O) groups excluding carboxylic acids is 1. The topological polar surface area (TPSA) is 86.5 Å². The van der Waals surface area contributed by atoms with Gasteiger partial charge in [-0.15, -0.1) is 0 Å². The number of esters is 1. The van der Waals surface area contributed by atoms with Crippen LogP contribution in [0, 0.1) is 0 Å². The Morgan fingerprint density at radius 3 is 1.95 bits per heavy atom. The second kappa shape index (κ2) is 12.0. The Morgan fingerprint density at radius 2 is 1.40 bits per heavy atom. The van der Waals surface area contributed by atoms with Crippen LogP contribution in [0.4, 0.5) is 0 Å². The third-order valence-corrected chi connectivity index (χ3v) is 3.05. The van der Waals surface area contributed by atoms with Crippen LogP contribution in [-0.4, -0.2) is 77.5 Å². The first kappa shape index (κ1) is 17.3. The predicted molar refractivity (Wildman–Crippen MR) is 79.9 cm³/mol. The zero-order valence-electron chi connectivity index (χ0n) is 12.5. The van der Waals surface area contributed by atoms with Crippen LogP contribution in [0.3, 0.4) is 0 Å². The van der Waals surface area contributed by atoms with E-state index in [2.05, 4.69) is 26.6 Å². The molecular formula is C13H29N5O2. The van der Waals surface area contributed by atoms with Gasteiger partial charge in [0.1, 0.15) is 6.61 Å². The summed E-state index contributed by atoms with van der Waals surface area (Å²) in [5, 5.41) is 16.9. The van der Waals surface area contributed by atoms with E-state index >= 15 is 0 Å². The molecule has 1 atom stereocenters. The summed E-state index contributed by atoms with van der Waals surface area (Å²) in [4.78, 5) is 10.9. The van der Waals surface area contributed by atoms with Gasteiger partial charge in [-0.1, -0.05) is 0 Å². The zero-order chi connectivity index (χ0) is 14.5. The van der Waals surface area contributed by atoms with Crippen LogP contribution < -0.4 is 26.6 Å². The first-order chi connectivity index (χ1) is 9.79. The molecule has 0 aromatic heterocycles. The van der Waals surface area contributed by atoms with Crippen molar-refractivity contribution in [3.63, 3.8) is 0 Å². The summed E-state index contributed by atoms with van der Waals surface area (Å²) >= 11 is 0. The van der Waals surface area contributed by atoms with E-state index in [9.17, 15) is 4.79 Å². The average Bonchev–Trinajstić information content (AvgIpc) is 2.44. The summed E-state index contributed by atoms with van der Waals surface area (Å²) in [5.74, 6) is -0.228. The lowest BCUT2D eigenvalue weighted by molar-refractivity contribution is -0.141. The lowest BCUT2D eigenvalue weighted by atomic mass is 10.3. The van der Waals surface area contributed by atoms with Crippen molar-refractivity contribution in [3.8, 4) is 0 Å². The van der Waals surface area contributed by atoms with E-state index in [1.807, 2.05) is 0 Å². The highest BCUT2D eigenvalue weighted by atomic mass is 16.5. The van der Waals surface area contributed by atoms with Crippen molar-refractivity contribution in [1.29, 1.82) is 0 Å². The largest absolute Gasteiger partial charge is 0.464 e. The molecule has 1 unspecified atom stereocenters. The molecule has 7 nitrogen and oxygen atoms in total. The molecule has 0 aromatic carbocycles. The highest BCUT2D eigenvalue weighted by Crippen LogP contribution is 1.86. The third kappa shape index (κ3) is 10.1. The summed E-state index contributed by atoms with van der Waals surface area (Å²) < 4.78 is 5.08. The smallest absolute Gasteiger partial charge is 0.302 e. The normalized spacial score (nSPS) is 24.4. The number of rotatable bonds is 2. The van der Waals surface area contributed by atoms with E-state index in [1.54, 1.807) is 0 Å². The van der Waals surface area contributed by atoms with Crippen LogP contribution in [0.25, 0.3) is 0 Å². The summed E-state index contributed by atoms with van der Waals surface area (Å²) in [5.41, 5.74) is 0. The van der Waals surface area contributed by atoms with Crippen LogP contribution in [0.2, 0.25) is 0 Å². The van der Waals surface area contributed by atoms with Crippen molar-refractivity contribution in [2.24, 2.45) is 0 Å². The molecule has 20 heavy (non-hydrogen) atoms. The van der Waals surface area contributed by atoms with Crippen molar-refractivity contribution in [3.05, 3.63) is 0 Å². The summed E-state index contributed by atoms with van der Waals surface area (Å²) in [7, 11) is 0. The third-order valence-electron chi connectivity index (χ3n) is 3.05. The summed E-state index contributed by atoms with van der Waals surface area (Å²) in [6.45, 7) is 10.2. The van der Waals surface area contributed by atoms with E-state index < -0.39 is 0 Å². The van der Waals surface area contributed by atoms with Crippen molar-refractivity contribution >= 4 is 5.97 Å². The highest BCUT2D eigenvalue weighted by molar-refractivity contribution is 5.65. The van der Waals surface area contributed by atoms with Gasteiger partial charge in [0.05, 0.1) is 6.04 Å². The van der Waals surface area contributed by atoms with E-state index in [4.69, 9.17) is 4.74 Å². The Labute approximate surface area is 121 Å². The Morgan fingerprint density at radius 1 is 0.900 bits per heavy atom. The highest BCUT2D eigenvalue weighted by Gasteiger charge is 2.09. The van der Waals surface area contributed by atoms with Gasteiger partial charge in [0, 0.05) is 65.8 Å². The van der Waals surface area contributed by atoms with Crippen molar-refractivity contribution in [1.82, 2.24) is 26.6 Å². The molecule has 1 aliphatic rings. The monoisotopic (exact) mass is 287 g/mol. The number of ether oxygens (including phenoxy) is 1. The van der Waals surface area contributed by atoms with Crippen LogP contribution >= 0.6 is 0 Å². The maximum Gasteiger partial charge on any atom is 0.302 e. The second-order valence-electron chi connectivity index (χ2n) is 4.91. The van der Waals surface area contributed by atoms with E-state index in [0.29, 0.717) is 6.61 Å². The van der Waals surface area contributed by atoms with Crippen molar-refractivity contribution in [2.75, 3.05) is 65.5 Å². The van der Waals surface area contributed by atoms with Crippen molar-refractivity contribution < 1.29 is 9.53 Å². The average molecular weight is 287 g/mol. The van der Waals surface area contributed by atoms with Gasteiger partial charge in [-0.05, 0) is 0 Å². The fourth-order valence-electron chi connectivity index (χ4n) is 1.95. The van der Waals surface area contributed by atoms with Gasteiger partial charge in [0.25, 0.3) is 0 Å². The predicted octanol–water partition coefficient (Wildman–Crippen LogP) is -2.12. The molecule has 0 aliphatic carbocycles. The van der Waals surface area contributed by atoms with Crippen LogP contribution in [0.1, 0.15) is 6.92 Å². The fourth-order valence-corrected chi connectivity index (χ4v) is 1.95. The minimum atomic E-state index is -0.228. The van der Waals surface area contributed by atoms with Gasteiger partial charge in [-0.2, -0.15) is 0 Å². The van der Waals surface area contributed by atoms with Gasteiger partial charge in [-0.3, -0.25) is 4.79 Å². The molecule has 1 aliphatic heterocycles. The molecule has 1 rings (SSSR count). The summed E-state index contributed by atoms with van der Waals surface area (Å²) in [6.07, 6.45) is 0. The Kier molecular flexibility index (Phi) is 10.4. The number of carbonyl (C=O) groups is 1. The maximum atomic E-state index is 10.9. The summed E-state index contributed by atoms with van der Waals surface area (Å²) in [6, 6.07) is 0.156. The Hall–Kier alpha value is -0.730. The molecule has 118 valence electrons. The van der Waals surface area contributed by atoms with Crippen LogP contribution in [-0.2, 0) is 9.53 Å². The minimum absolute atomic E-state index is 0.156. The van der Waals surface area contributed by atoms with Gasteiger partial charge < -0.3 is 31.3 Å². The molecule has 0 bridgehead atoms. The van der Waals surface area contributed by atoms with Gasteiger partial charge in [-0.25, -0.2) is 0 Å². The van der Waals surface area contributed by atoms with E-state index in [0.717, 1.165) is 58.9 Å². The molecule has 0 radical (unpaired) electrons. The number of hydrogen-bond donors (Lipinski definition) is 5. The molecule has 7 heteroatoms. The first-order valence-corrected chi connectivity index (χ1v) is 7.48. The molecule has 1 saturated heterocycles. The standard InChI is InChI=1S/C13H29N5O2/c1-12(19)20-11-13-10-17-7-6-15-3-2-14-4-5-16-8-9-18-13/h13-18H,2-11H2,1H3. The molecule has 1 heterocycles. The molecule has 5 N–H and O–H groups in total. The second-order valence-corrected chi connectivity index (χ2v) is 4.91. The van der Waals surface area contributed by atoms with E-state index in [-0.39, 0.29) is 12.0 Å². The van der Waals surface area contributed by atoms with Crippen LogP contribution in [0.15, 0.2) is 0 Å². The van der Waals surface area contributed by atoms with Crippen LogP contribution in [0.5, 0.6) is 0 Å². The minimum Gasteiger partial charge on any atom is -0.464 e. The first-order valence-electron chi connectivity index (χ1n) is 7.48. The molecule has 0 aromatic rings. The lowest BCUT2D eigenvalue weighted by Gasteiger charge is -2.19. The van der Waals surface area contributed by atoms with Gasteiger partial charge in [0.2, 0.25) is 0 Å². The van der Waals surface area contributed by atoms with Gasteiger partial charge in [0.15, 0.2) is 0 Å². The molecular weight excluding hydrogens is 258 g/mol. The molecule has 1 fully saturated rings.